The average molecular weight is 689 g/mol. The summed E-state index contributed by atoms with van der Waals surface area (Å²) in [6, 6.07) is 23.8. The molecule has 0 aliphatic rings. The molecule has 4 aromatic rings. The number of hydroxylamine groups is 1. The predicted molar refractivity (Wildman–Crippen MR) is 190 cm³/mol. The van der Waals surface area contributed by atoms with Gasteiger partial charge in [-0.25, -0.2) is 11.3 Å². The molecule has 49 heavy (non-hydrogen) atoms. The van der Waals surface area contributed by atoms with Crippen molar-refractivity contribution >= 4 is 44.6 Å². The van der Waals surface area contributed by atoms with Gasteiger partial charge in [-0.1, -0.05) is 104 Å². The number of benzene rings is 4. The maximum atomic E-state index is 13.9. The number of nitrogens with two attached hydrogens (primary N) is 2. The summed E-state index contributed by atoms with van der Waals surface area (Å²) in [5.41, 5.74) is 11.9. The van der Waals surface area contributed by atoms with Crippen LogP contribution in [0.1, 0.15) is 66.8 Å². The van der Waals surface area contributed by atoms with Gasteiger partial charge in [-0.15, -0.1) is 0 Å². The van der Waals surface area contributed by atoms with E-state index in [4.69, 9.17) is 16.1 Å². The molecule has 0 fully saturated rings. The fourth-order valence-corrected chi connectivity index (χ4v) is 6.48. The second-order valence-corrected chi connectivity index (χ2v) is 13.3. The van der Waals surface area contributed by atoms with Gasteiger partial charge in [0.2, 0.25) is 0 Å². The van der Waals surface area contributed by atoms with Gasteiger partial charge in [-0.05, 0) is 78.8 Å². The van der Waals surface area contributed by atoms with Crippen LogP contribution in [-0.4, -0.2) is 41.8 Å². The highest BCUT2D eigenvalue weighted by molar-refractivity contribution is 7.85. The maximum absolute atomic E-state index is 13.9. The number of hydrogen-bond acceptors (Lipinski definition) is 8. The molecular formula is C37H44N4O7S. The van der Waals surface area contributed by atoms with E-state index < -0.39 is 45.1 Å². The first-order valence-electron chi connectivity index (χ1n) is 15.8. The van der Waals surface area contributed by atoms with Gasteiger partial charge in [0.25, 0.3) is 21.9 Å². The third kappa shape index (κ3) is 9.05. The Bertz CT molecular complexity index is 1910. The van der Waals surface area contributed by atoms with Crippen molar-refractivity contribution in [1.29, 1.82) is 0 Å². The zero-order valence-corrected chi connectivity index (χ0v) is 28.8. The quantitative estimate of drug-likeness (QED) is 0.0295. The molecule has 0 radical (unpaired) electrons. The van der Waals surface area contributed by atoms with Gasteiger partial charge < -0.3 is 5.73 Å². The van der Waals surface area contributed by atoms with Gasteiger partial charge in [0.15, 0.2) is 5.78 Å². The first kappa shape index (κ1) is 38.7. The predicted octanol–water partition coefficient (Wildman–Crippen LogP) is 5.03. The van der Waals surface area contributed by atoms with Crippen molar-refractivity contribution in [3.63, 3.8) is 0 Å². The topological polar surface area (TPSA) is 202 Å². The molecule has 260 valence electrons. The van der Waals surface area contributed by atoms with E-state index in [1.807, 2.05) is 93.6 Å². The molecule has 0 saturated heterocycles. The minimum absolute atomic E-state index is 0.0666. The number of fused-ring (bicyclic) bond motifs is 1. The fourth-order valence-electron chi connectivity index (χ4n) is 6.00. The van der Waals surface area contributed by atoms with E-state index >= 15 is 0 Å². The van der Waals surface area contributed by atoms with E-state index in [1.165, 1.54) is 19.1 Å². The van der Waals surface area contributed by atoms with E-state index in [9.17, 15) is 28.0 Å². The van der Waals surface area contributed by atoms with Crippen molar-refractivity contribution in [3.05, 3.63) is 119 Å². The molecule has 0 bridgehead atoms. The molecule has 8 N–H and O–H groups in total. The summed E-state index contributed by atoms with van der Waals surface area (Å²) in [6.07, 6.45) is 4.51. The zero-order valence-electron chi connectivity index (χ0n) is 28.0. The highest BCUT2D eigenvalue weighted by atomic mass is 32.2. The third-order valence-corrected chi connectivity index (χ3v) is 9.16. The zero-order chi connectivity index (χ0) is 36.4. The summed E-state index contributed by atoms with van der Waals surface area (Å²) in [5.74, 6) is 2.90. The molecule has 2 amide bonds. The molecule has 11 nitrogen and oxygen atoms in total. The molecular weight excluding hydrogens is 644 g/mol. The van der Waals surface area contributed by atoms with Crippen LogP contribution in [-0.2, 0) is 29.9 Å². The molecule has 0 aliphatic carbocycles. The number of rotatable bonds is 12. The number of ketones is 1. The monoisotopic (exact) mass is 688 g/mol. The molecule has 0 aromatic heterocycles. The van der Waals surface area contributed by atoms with Gasteiger partial charge in [-0.3, -0.25) is 29.6 Å². The number of hydrogen-bond donors (Lipinski definition) is 6. The van der Waals surface area contributed by atoms with E-state index in [-0.39, 0.29) is 17.7 Å². The van der Waals surface area contributed by atoms with Crippen molar-refractivity contribution in [2.75, 3.05) is 0 Å². The largest absolute Gasteiger partial charge is 0.322 e. The van der Waals surface area contributed by atoms with E-state index in [0.29, 0.717) is 22.9 Å². The Morgan fingerprint density at radius 2 is 1.53 bits per heavy atom. The van der Waals surface area contributed by atoms with Crippen LogP contribution >= 0.6 is 0 Å². The van der Waals surface area contributed by atoms with Crippen LogP contribution in [0.15, 0.2) is 95.9 Å². The fraction of sp³-hybridized carbons (Fsp3) is 0.270. The number of Topliss-reactive ketones (excluding diaryl/α,β-unsaturated/α-hetero) is 1. The lowest BCUT2D eigenvalue weighted by atomic mass is 9.65. The lowest BCUT2D eigenvalue weighted by molar-refractivity contribution is -0.138. The Hall–Kier alpha value is -4.72. The van der Waals surface area contributed by atoms with Crippen molar-refractivity contribution in [2.24, 2.45) is 11.6 Å². The summed E-state index contributed by atoms with van der Waals surface area (Å²) < 4.78 is 29.6. The average Bonchev–Trinajstić information content (AvgIpc) is 3.09. The molecule has 0 heterocycles. The van der Waals surface area contributed by atoms with Crippen molar-refractivity contribution < 1.29 is 32.6 Å². The molecule has 3 atom stereocenters. The second-order valence-electron chi connectivity index (χ2n) is 11.9. The Balaban J connectivity index is 0.000000501. The van der Waals surface area contributed by atoms with Crippen LogP contribution in [0, 0.1) is 13.8 Å². The highest BCUT2D eigenvalue weighted by Gasteiger charge is 2.50. The minimum atomic E-state index is -4.02. The lowest BCUT2D eigenvalue weighted by Gasteiger charge is -2.36. The smallest absolute Gasteiger partial charge is 0.294 e. The molecule has 1 unspecified atom stereocenters. The Morgan fingerprint density at radius 3 is 2.06 bits per heavy atom. The number of amides is 2. The first-order chi connectivity index (χ1) is 23.2. The number of nitrogens with one attached hydrogen (secondary N) is 2. The van der Waals surface area contributed by atoms with Crippen LogP contribution in [0.25, 0.3) is 16.8 Å². The molecule has 0 spiro atoms. The summed E-state index contributed by atoms with van der Waals surface area (Å²) in [6.45, 7) is 7.14. The summed E-state index contributed by atoms with van der Waals surface area (Å²) >= 11 is 0. The summed E-state index contributed by atoms with van der Waals surface area (Å²) in [4.78, 5) is 40.6. The van der Waals surface area contributed by atoms with Gasteiger partial charge in [0, 0.05) is 0 Å². The molecule has 4 rings (SSSR count). The number of carbonyl (C=O) groups is 3. The van der Waals surface area contributed by atoms with Gasteiger partial charge in [-0.2, -0.15) is 8.42 Å². The van der Waals surface area contributed by atoms with Crippen LogP contribution in [0.5, 0.6) is 0 Å². The van der Waals surface area contributed by atoms with Crippen LogP contribution < -0.4 is 22.5 Å². The number of allylic oxidation sites excluding steroid dienone is 1. The molecule has 12 heteroatoms. The van der Waals surface area contributed by atoms with Crippen LogP contribution in [0.3, 0.4) is 0 Å². The molecule has 0 saturated carbocycles. The Morgan fingerprint density at radius 1 is 0.939 bits per heavy atom. The first-order valence-corrected chi connectivity index (χ1v) is 17.2. The maximum Gasteiger partial charge on any atom is 0.294 e. The number of aryl methyl sites for hydroxylation is 2. The van der Waals surface area contributed by atoms with Crippen LogP contribution in [0.2, 0.25) is 0 Å². The van der Waals surface area contributed by atoms with Gasteiger partial charge in [0.05, 0.1) is 16.9 Å². The normalized spacial score (nSPS) is 13.9. The van der Waals surface area contributed by atoms with E-state index in [2.05, 4.69) is 5.43 Å². The SMILES string of the molecule is CCC[C@](C(=O)NN)(C(=O)C(C)N)c1c([C@H](C/C=C/c2ccccc2)C(=O)NO)cc(C)c2ccccc12.Cc1ccc(S(=O)(=O)O)cc1. The molecule has 4 aromatic carbocycles. The summed E-state index contributed by atoms with van der Waals surface area (Å²) in [5, 5.41) is 11.2. The van der Waals surface area contributed by atoms with Gasteiger partial charge in [0.1, 0.15) is 5.41 Å². The third-order valence-electron chi connectivity index (χ3n) is 8.29. The van der Waals surface area contributed by atoms with Crippen molar-refractivity contribution in [3.8, 4) is 0 Å². The lowest BCUT2D eigenvalue weighted by Crippen LogP contribution is -2.57. The van der Waals surface area contributed by atoms with E-state index in [1.54, 1.807) is 17.6 Å². The number of carbonyl (C=O) groups excluding carboxylic acids is 3. The van der Waals surface area contributed by atoms with Crippen molar-refractivity contribution in [2.45, 2.75) is 69.2 Å². The molecule has 0 aliphatic heterocycles. The summed E-state index contributed by atoms with van der Waals surface area (Å²) in [7, 11) is -4.02. The Labute approximate surface area is 287 Å². The van der Waals surface area contributed by atoms with E-state index in [0.717, 1.165) is 22.1 Å². The van der Waals surface area contributed by atoms with Gasteiger partial charge >= 0.3 is 0 Å². The second kappa shape index (κ2) is 17.1. The van der Waals surface area contributed by atoms with Crippen molar-refractivity contribution in [1.82, 2.24) is 10.9 Å². The minimum Gasteiger partial charge on any atom is -0.322 e. The highest BCUT2D eigenvalue weighted by Crippen LogP contribution is 2.43. The standard InChI is InChI=1S/C30H36N4O4.C7H8O3S/c1-4-17-30(29(37)33-32,27(35)20(3)31)26-23-15-9-8-14-22(23)19(2)18-25(26)24(28(36)34-38)16-10-13-21-11-6-5-7-12-21;1-6-2-4-7(5-3-6)11(8,9)10/h5-15,18,20,24,38H,4,16-17,31-32H2,1-3H3,(H,33,37)(H,34,36);2-5H,1H3,(H,8,9,10)/b13-10+;/t20?,24-,30+;/m0./s1. The van der Waals surface area contributed by atoms with Crippen LogP contribution in [0.4, 0.5) is 0 Å². The Kier molecular flexibility index (Phi) is 13.5. The number of hydrazine groups is 1.